The predicted molar refractivity (Wildman–Crippen MR) is 56.1 cm³/mol. The summed E-state index contributed by atoms with van der Waals surface area (Å²) in [7, 11) is 5.90. The molecular weight excluding hydrogens is 162 g/mol. The zero-order valence-corrected chi connectivity index (χ0v) is 8.91. The van der Waals surface area contributed by atoms with Gasteiger partial charge in [-0.3, -0.25) is 0 Å². The van der Waals surface area contributed by atoms with Gasteiger partial charge in [0.15, 0.2) is 0 Å². The first-order valence-corrected chi connectivity index (χ1v) is 4.77. The van der Waals surface area contributed by atoms with Crippen LogP contribution in [0.1, 0.15) is 19.8 Å². The van der Waals surface area contributed by atoms with Crippen LogP contribution in [-0.4, -0.2) is 21.1 Å². The number of hydrogen-bond acceptors (Lipinski definition) is 3. The highest BCUT2D eigenvalue weighted by Gasteiger charge is 2.20. The normalized spacial score (nSPS) is 16.6. The molecule has 0 heterocycles. The van der Waals surface area contributed by atoms with Crippen molar-refractivity contribution in [3.8, 4) is 0 Å². The van der Waals surface area contributed by atoms with Gasteiger partial charge in [0, 0.05) is 33.3 Å². The van der Waals surface area contributed by atoms with Gasteiger partial charge in [-0.25, -0.2) is 0 Å². The number of allylic oxidation sites excluding steroid dienone is 1. The van der Waals surface area contributed by atoms with E-state index < -0.39 is 0 Å². The predicted octanol–water partition coefficient (Wildman–Crippen LogP) is 0.924. The van der Waals surface area contributed by atoms with Gasteiger partial charge in [0.2, 0.25) is 0 Å². The lowest BCUT2D eigenvalue weighted by Crippen LogP contribution is -2.20. The smallest absolute Gasteiger partial charge is 0.0768 e. The van der Waals surface area contributed by atoms with Gasteiger partial charge in [-0.15, -0.1) is 0 Å². The minimum absolute atomic E-state index is 1.04. The largest absolute Gasteiger partial charge is 0.389 e. The summed E-state index contributed by atoms with van der Waals surface area (Å²) in [6, 6.07) is 0. The zero-order chi connectivity index (χ0) is 9.84. The quantitative estimate of drug-likeness (QED) is 0.603. The molecule has 1 aliphatic carbocycles. The number of nitrogens with one attached hydrogen (secondary N) is 3. The summed E-state index contributed by atoms with van der Waals surface area (Å²) in [6.45, 7) is 2.19. The lowest BCUT2D eigenvalue weighted by Gasteiger charge is -2.10. The average molecular weight is 181 g/mol. The Kier molecular flexibility index (Phi) is 3.23. The second-order valence-electron chi connectivity index (χ2n) is 3.11. The third-order valence-corrected chi connectivity index (χ3v) is 2.52. The van der Waals surface area contributed by atoms with Crippen molar-refractivity contribution in [2.24, 2.45) is 0 Å². The molecule has 0 aliphatic heterocycles. The van der Waals surface area contributed by atoms with Gasteiger partial charge in [0.1, 0.15) is 0 Å². The van der Waals surface area contributed by atoms with E-state index in [1.165, 1.54) is 22.7 Å². The summed E-state index contributed by atoms with van der Waals surface area (Å²) in [4.78, 5) is 0. The Morgan fingerprint density at radius 3 is 2.00 bits per heavy atom. The Hall–Kier alpha value is -1.12. The molecule has 1 aliphatic rings. The Balaban J connectivity index is 2.96. The second kappa shape index (κ2) is 4.21. The van der Waals surface area contributed by atoms with Crippen LogP contribution in [0.3, 0.4) is 0 Å². The minimum Gasteiger partial charge on any atom is -0.389 e. The first kappa shape index (κ1) is 9.96. The first-order valence-electron chi connectivity index (χ1n) is 4.77. The van der Waals surface area contributed by atoms with Crippen molar-refractivity contribution in [2.45, 2.75) is 19.8 Å². The highest BCUT2D eigenvalue weighted by Crippen LogP contribution is 2.28. The molecule has 3 N–H and O–H groups in total. The monoisotopic (exact) mass is 181 g/mol. The minimum atomic E-state index is 1.04. The zero-order valence-electron chi connectivity index (χ0n) is 8.91. The van der Waals surface area contributed by atoms with Crippen LogP contribution in [0.2, 0.25) is 0 Å². The summed E-state index contributed by atoms with van der Waals surface area (Å²) in [5.74, 6) is 0. The molecule has 0 saturated carbocycles. The summed E-state index contributed by atoms with van der Waals surface area (Å²) in [5, 5.41) is 9.71. The van der Waals surface area contributed by atoms with E-state index in [1.807, 2.05) is 21.1 Å². The van der Waals surface area contributed by atoms with Crippen LogP contribution in [0.4, 0.5) is 0 Å². The topological polar surface area (TPSA) is 36.1 Å². The number of likely N-dealkylation sites (N-methyl/N-ethyl adjacent to an activating group) is 2. The van der Waals surface area contributed by atoms with Gasteiger partial charge < -0.3 is 16.0 Å². The van der Waals surface area contributed by atoms with Crippen molar-refractivity contribution < 1.29 is 0 Å². The van der Waals surface area contributed by atoms with E-state index in [2.05, 4.69) is 22.9 Å². The molecule has 0 unspecified atom stereocenters. The van der Waals surface area contributed by atoms with Gasteiger partial charge in [-0.05, 0) is 12.0 Å². The lowest BCUT2D eigenvalue weighted by molar-refractivity contribution is 0.860. The Bertz CT molecular complexity index is 225. The van der Waals surface area contributed by atoms with Crippen molar-refractivity contribution in [1.82, 2.24) is 16.0 Å². The number of rotatable bonds is 4. The van der Waals surface area contributed by atoms with Crippen LogP contribution in [-0.2, 0) is 0 Å². The molecule has 0 atom stereocenters. The number of hydrogen-bond donors (Lipinski definition) is 3. The summed E-state index contributed by atoms with van der Waals surface area (Å²) in [5.41, 5.74) is 5.22. The highest BCUT2D eigenvalue weighted by molar-refractivity contribution is 5.44. The Labute approximate surface area is 80.3 Å². The van der Waals surface area contributed by atoms with Crippen LogP contribution in [0.5, 0.6) is 0 Å². The van der Waals surface area contributed by atoms with E-state index in [1.54, 1.807) is 0 Å². The maximum absolute atomic E-state index is 3.25. The highest BCUT2D eigenvalue weighted by atomic mass is 15.0. The van der Waals surface area contributed by atoms with E-state index in [4.69, 9.17) is 0 Å². The van der Waals surface area contributed by atoms with Crippen molar-refractivity contribution in [1.29, 1.82) is 0 Å². The van der Waals surface area contributed by atoms with E-state index in [0.29, 0.717) is 0 Å². The molecule has 0 aromatic heterocycles. The third-order valence-electron chi connectivity index (χ3n) is 2.52. The van der Waals surface area contributed by atoms with Gasteiger partial charge in [0.05, 0.1) is 11.4 Å². The van der Waals surface area contributed by atoms with E-state index >= 15 is 0 Å². The van der Waals surface area contributed by atoms with Crippen molar-refractivity contribution >= 4 is 0 Å². The fraction of sp³-hybridized carbons (Fsp3) is 0.600. The molecule has 0 bridgehead atoms. The van der Waals surface area contributed by atoms with Crippen molar-refractivity contribution in [3.63, 3.8) is 0 Å². The molecule has 0 saturated heterocycles. The van der Waals surface area contributed by atoms with E-state index in [0.717, 1.165) is 12.8 Å². The molecule has 13 heavy (non-hydrogen) atoms. The van der Waals surface area contributed by atoms with Gasteiger partial charge in [-0.2, -0.15) is 0 Å². The fourth-order valence-electron chi connectivity index (χ4n) is 1.81. The molecule has 0 aromatic carbocycles. The lowest BCUT2D eigenvalue weighted by atomic mass is 10.1. The van der Waals surface area contributed by atoms with Gasteiger partial charge in [0.25, 0.3) is 0 Å². The first-order chi connectivity index (χ1) is 6.28. The SMILES string of the molecule is CCC1=C(NC)C(NC)=C(NC)C1. The molecule has 74 valence electrons. The Morgan fingerprint density at radius 2 is 1.62 bits per heavy atom. The standard InChI is InChI=1S/C10H19N3/c1-5-7-6-8(11-2)10(13-4)9(7)12-3/h11-13H,5-6H2,1-4H3. The van der Waals surface area contributed by atoms with E-state index in [-0.39, 0.29) is 0 Å². The second-order valence-corrected chi connectivity index (χ2v) is 3.11. The molecule has 3 heteroatoms. The molecule has 0 spiro atoms. The molecule has 0 amide bonds. The van der Waals surface area contributed by atoms with Crippen molar-refractivity contribution in [2.75, 3.05) is 21.1 Å². The Morgan fingerprint density at radius 1 is 1.00 bits per heavy atom. The molecule has 0 fully saturated rings. The molecular formula is C10H19N3. The van der Waals surface area contributed by atoms with Crippen LogP contribution in [0, 0.1) is 0 Å². The molecule has 1 rings (SSSR count). The maximum Gasteiger partial charge on any atom is 0.0768 e. The third kappa shape index (κ3) is 1.64. The van der Waals surface area contributed by atoms with Crippen LogP contribution in [0.15, 0.2) is 22.7 Å². The fourth-order valence-corrected chi connectivity index (χ4v) is 1.81. The van der Waals surface area contributed by atoms with Gasteiger partial charge in [-0.1, -0.05) is 6.92 Å². The van der Waals surface area contributed by atoms with Crippen LogP contribution < -0.4 is 16.0 Å². The van der Waals surface area contributed by atoms with Crippen LogP contribution >= 0.6 is 0 Å². The maximum atomic E-state index is 3.25. The van der Waals surface area contributed by atoms with E-state index in [9.17, 15) is 0 Å². The average Bonchev–Trinajstić information content (AvgIpc) is 2.54. The summed E-state index contributed by atoms with van der Waals surface area (Å²) >= 11 is 0. The molecule has 3 nitrogen and oxygen atoms in total. The van der Waals surface area contributed by atoms with Gasteiger partial charge >= 0.3 is 0 Å². The van der Waals surface area contributed by atoms with Crippen LogP contribution in [0.25, 0.3) is 0 Å². The summed E-state index contributed by atoms with van der Waals surface area (Å²) < 4.78 is 0. The molecule has 0 radical (unpaired) electrons. The molecule has 0 aromatic rings. The summed E-state index contributed by atoms with van der Waals surface area (Å²) in [6.07, 6.45) is 2.14. The van der Waals surface area contributed by atoms with Crippen molar-refractivity contribution in [3.05, 3.63) is 22.7 Å².